The summed E-state index contributed by atoms with van der Waals surface area (Å²) in [6.45, 7) is 13.6. The van der Waals surface area contributed by atoms with Gasteiger partial charge >= 0.3 is 6.16 Å². The first-order valence-corrected chi connectivity index (χ1v) is 23.8. The highest BCUT2D eigenvalue weighted by Gasteiger charge is 2.59. The zero-order valence-electron chi connectivity index (χ0n) is 37.4. The fourth-order valence-electron chi connectivity index (χ4n) is 12.5. The Kier molecular flexibility index (Phi) is 14.6. The Labute approximate surface area is 361 Å². The average Bonchev–Trinajstić information content (AvgIpc) is 3.71. The molecule has 0 amide bonds. The number of benzene rings is 2. The fourth-order valence-corrected chi connectivity index (χ4v) is 12.5. The van der Waals surface area contributed by atoms with E-state index in [1.54, 1.807) is 42.0 Å². The van der Waals surface area contributed by atoms with Crippen molar-refractivity contribution in [3.05, 3.63) is 94.6 Å². The number of ketones is 2. The van der Waals surface area contributed by atoms with E-state index < -0.39 is 6.16 Å². The van der Waals surface area contributed by atoms with Gasteiger partial charge in [-0.3, -0.25) is 9.59 Å². The van der Waals surface area contributed by atoms with Gasteiger partial charge in [0.05, 0.1) is 18.8 Å². The Morgan fingerprint density at radius 3 is 2.20 bits per heavy atom. The third-order valence-corrected chi connectivity index (χ3v) is 15.9. The van der Waals surface area contributed by atoms with E-state index in [1.807, 2.05) is 30.3 Å². The minimum Gasteiger partial charge on any atom is -0.494 e. The number of carbonyl (C=O) groups is 3. The molecule has 2 aromatic rings. The van der Waals surface area contributed by atoms with E-state index in [0.29, 0.717) is 29.8 Å². The number of rotatable bonds is 18. The zero-order chi connectivity index (χ0) is 42.3. The minimum absolute atomic E-state index is 0.0634. The molecule has 8 atom stereocenters. The third-order valence-electron chi connectivity index (χ3n) is 15.9. The summed E-state index contributed by atoms with van der Waals surface area (Å²) in [5, 5.41) is 0. The molecule has 0 bridgehead atoms. The van der Waals surface area contributed by atoms with Gasteiger partial charge in [0, 0.05) is 17.5 Å². The summed E-state index contributed by atoms with van der Waals surface area (Å²) in [5.41, 5.74) is 4.44. The monoisotopic (exact) mass is 817 g/mol. The molecule has 3 fully saturated rings. The van der Waals surface area contributed by atoms with E-state index in [4.69, 9.17) is 14.2 Å². The van der Waals surface area contributed by atoms with Gasteiger partial charge in [0.2, 0.25) is 0 Å². The predicted octanol–water partition coefficient (Wildman–Crippen LogP) is 14.0. The van der Waals surface area contributed by atoms with E-state index in [1.165, 1.54) is 51.4 Å². The van der Waals surface area contributed by atoms with Crippen LogP contribution in [0, 0.1) is 46.3 Å². The van der Waals surface area contributed by atoms with Gasteiger partial charge in [-0.25, -0.2) is 4.79 Å². The zero-order valence-corrected chi connectivity index (χ0v) is 37.4. The van der Waals surface area contributed by atoms with Crippen LogP contribution in [0.15, 0.2) is 77.9 Å². The number of hydrogen-bond acceptors (Lipinski definition) is 6. The number of fused-ring (bicyclic) bond motifs is 6. The smallest absolute Gasteiger partial charge is 0.494 e. The largest absolute Gasteiger partial charge is 0.508 e. The Hall–Kier alpha value is -3.93. The number of hydrogen-bond donors (Lipinski definition) is 0. The second-order valence-corrected chi connectivity index (χ2v) is 20.1. The van der Waals surface area contributed by atoms with Crippen molar-refractivity contribution in [2.45, 2.75) is 150 Å². The molecule has 3 saturated carbocycles. The summed E-state index contributed by atoms with van der Waals surface area (Å²) in [6.07, 6.45) is 27.4. The van der Waals surface area contributed by atoms with E-state index in [0.717, 1.165) is 105 Å². The van der Waals surface area contributed by atoms with Gasteiger partial charge < -0.3 is 14.2 Å². The van der Waals surface area contributed by atoms with Crippen molar-refractivity contribution < 1.29 is 28.6 Å². The average molecular weight is 817 g/mol. The molecule has 0 radical (unpaired) electrons. The molecule has 0 N–H and O–H groups in total. The highest BCUT2D eigenvalue weighted by atomic mass is 16.7. The molecule has 2 aromatic carbocycles. The molecule has 5 aliphatic rings. The molecule has 5 aliphatic carbocycles. The second kappa shape index (κ2) is 19.8. The minimum atomic E-state index is -0.493. The summed E-state index contributed by atoms with van der Waals surface area (Å²) in [6, 6.07) is 14.8. The quantitative estimate of drug-likeness (QED) is 0.0490. The molecule has 0 heterocycles. The first-order valence-electron chi connectivity index (χ1n) is 23.8. The molecule has 7 rings (SSSR count). The lowest BCUT2D eigenvalue weighted by Gasteiger charge is -2.58. The lowest BCUT2D eigenvalue weighted by atomic mass is 9.47. The van der Waals surface area contributed by atoms with E-state index in [9.17, 15) is 14.4 Å². The van der Waals surface area contributed by atoms with Gasteiger partial charge in [-0.1, -0.05) is 140 Å². The second-order valence-electron chi connectivity index (χ2n) is 20.1. The Balaban J connectivity index is 0.737. The van der Waals surface area contributed by atoms with Gasteiger partial charge in [-0.15, -0.1) is 0 Å². The van der Waals surface area contributed by atoms with Crippen molar-refractivity contribution in [3.8, 4) is 5.75 Å². The first-order chi connectivity index (χ1) is 29.0. The molecular formula is C54H72O6. The van der Waals surface area contributed by atoms with Crippen LogP contribution in [0.4, 0.5) is 4.79 Å². The van der Waals surface area contributed by atoms with Crippen molar-refractivity contribution in [2.24, 2.45) is 46.3 Å². The van der Waals surface area contributed by atoms with Crippen LogP contribution < -0.4 is 4.74 Å². The van der Waals surface area contributed by atoms with E-state index >= 15 is 0 Å². The van der Waals surface area contributed by atoms with Crippen LogP contribution in [0.2, 0.25) is 0 Å². The first kappa shape index (κ1) is 44.1. The fraction of sp³-hybridized carbons (Fsp3) is 0.611. The van der Waals surface area contributed by atoms with Crippen LogP contribution in [-0.4, -0.2) is 37.0 Å². The van der Waals surface area contributed by atoms with Gasteiger partial charge in [0.1, 0.15) is 11.9 Å². The number of Topliss-reactive ketones (excluding diaryl/α,β-unsaturated/α-hetero) is 2. The lowest BCUT2D eigenvalue weighted by Crippen LogP contribution is -2.51. The summed E-state index contributed by atoms with van der Waals surface area (Å²) in [5.74, 6) is 5.39. The number of allylic oxidation sites excluding steroid dienone is 4. The van der Waals surface area contributed by atoms with Crippen molar-refractivity contribution in [3.63, 3.8) is 0 Å². The predicted molar refractivity (Wildman–Crippen MR) is 241 cm³/mol. The summed E-state index contributed by atoms with van der Waals surface area (Å²) >= 11 is 0. The Morgan fingerprint density at radius 1 is 0.783 bits per heavy atom. The van der Waals surface area contributed by atoms with Crippen molar-refractivity contribution in [1.82, 2.24) is 0 Å². The molecule has 6 nitrogen and oxygen atoms in total. The highest BCUT2D eigenvalue weighted by molar-refractivity contribution is 6.39. The van der Waals surface area contributed by atoms with Crippen molar-refractivity contribution in [1.29, 1.82) is 0 Å². The summed E-state index contributed by atoms with van der Waals surface area (Å²) in [4.78, 5) is 37.8. The maximum absolute atomic E-state index is 12.7. The molecule has 0 aromatic heterocycles. The van der Waals surface area contributed by atoms with E-state index in [2.05, 4.69) is 40.7 Å². The van der Waals surface area contributed by atoms with Crippen LogP contribution in [0.5, 0.6) is 5.75 Å². The maximum atomic E-state index is 12.7. The number of unbranched alkanes of at least 4 members (excludes halogenated alkanes) is 5. The molecule has 6 heteroatoms. The molecular weight excluding hydrogens is 745 g/mol. The van der Waals surface area contributed by atoms with Gasteiger partial charge in [-0.05, 0) is 128 Å². The van der Waals surface area contributed by atoms with E-state index in [-0.39, 0.29) is 28.7 Å². The molecule has 60 heavy (non-hydrogen) atoms. The normalized spacial score (nSPS) is 28.8. The van der Waals surface area contributed by atoms with Crippen LogP contribution in [0.1, 0.15) is 170 Å². The summed E-state index contributed by atoms with van der Waals surface area (Å²) < 4.78 is 17.4. The standard InChI is InChI=1S/C54H72O6/c1-37(2)16-14-17-38(3)47-28-29-48-45-27-24-40-36-42(30-32-53(40,4)49(45)31-33-54(47,48)5)60-52(57)59-35-13-9-7-6-8-12-34-58-41-25-22-39(23-26-41)18-15-21-46-50(55)43-19-10-11-20-44(43)51(46)56/h10-11,15,18-26,37-38,42,45,47-49H,6-9,12-14,16-17,27-36H2,1-5H3/b18-15+/t38-,42?,45+,47-,48+,49+,53+,54-/m1/s1. The van der Waals surface area contributed by atoms with Crippen LogP contribution in [-0.2, 0) is 9.47 Å². The molecule has 0 aliphatic heterocycles. The van der Waals surface area contributed by atoms with Gasteiger partial charge in [0.15, 0.2) is 11.6 Å². The topological polar surface area (TPSA) is 78.9 Å². The summed E-state index contributed by atoms with van der Waals surface area (Å²) in [7, 11) is 0. The Morgan fingerprint density at radius 2 is 1.48 bits per heavy atom. The molecule has 1 unspecified atom stereocenters. The molecule has 0 spiro atoms. The lowest BCUT2D eigenvalue weighted by molar-refractivity contribution is -0.0617. The molecule has 324 valence electrons. The SMILES string of the molecule is CC(C)CCC[C@@H](C)[C@H]1CC[C@H]2[C@@H]3CC=C4CC(OC(=O)OCCCCCCCCOc5ccc(/C=C/C=C6C(=O)c7ccccc7C6=O)cc5)CC[C@]4(C)[C@H]3CC[C@]12C. The number of carbonyl (C=O) groups excluding carboxylic acids is 3. The van der Waals surface area contributed by atoms with Gasteiger partial charge in [0.25, 0.3) is 0 Å². The van der Waals surface area contributed by atoms with Crippen molar-refractivity contribution in [2.75, 3.05) is 13.2 Å². The Bertz CT molecular complexity index is 1870. The van der Waals surface area contributed by atoms with Crippen LogP contribution >= 0.6 is 0 Å². The van der Waals surface area contributed by atoms with Crippen LogP contribution in [0.3, 0.4) is 0 Å². The van der Waals surface area contributed by atoms with Crippen LogP contribution in [0.25, 0.3) is 6.08 Å². The molecule has 0 saturated heterocycles. The van der Waals surface area contributed by atoms with Crippen molar-refractivity contribution >= 4 is 23.8 Å². The van der Waals surface area contributed by atoms with Gasteiger partial charge in [-0.2, -0.15) is 0 Å². The highest BCUT2D eigenvalue weighted by Crippen LogP contribution is 2.67. The third kappa shape index (κ3) is 9.89. The number of ether oxygens (including phenoxy) is 3. The maximum Gasteiger partial charge on any atom is 0.508 e.